The molecule has 1 aromatic carbocycles. The molecule has 1 aliphatic rings. The molecule has 0 spiro atoms. The molecule has 1 aliphatic carbocycles. The van der Waals surface area contributed by atoms with E-state index < -0.39 is 0 Å². The molecular weight excluding hydrogens is 268 g/mol. The van der Waals surface area contributed by atoms with E-state index in [4.69, 9.17) is 4.74 Å². The predicted octanol–water partition coefficient (Wildman–Crippen LogP) is 4.46. The zero-order valence-corrected chi connectivity index (χ0v) is 13.5. The molecule has 1 aromatic rings. The second-order valence-corrected chi connectivity index (χ2v) is 6.48. The van der Waals surface area contributed by atoms with Crippen molar-refractivity contribution in [2.75, 3.05) is 7.11 Å². The molecule has 0 aromatic heterocycles. The van der Waals surface area contributed by atoms with Gasteiger partial charge in [0.15, 0.2) is 0 Å². The van der Waals surface area contributed by atoms with Gasteiger partial charge in [-0.05, 0) is 61.6 Å². The predicted molar refractivity (Wildman–Crippen MR) is 84.8 cm³/mol. The number of thioether (sulfide) groups is 1. The highest BCUT2D eigenvalue weighted by Gasteiger charge is 2.22. The van der Waals surface area contributed by atoms with Crippen molar-refractivity contribution in [2.24, 2.45) is 0 Å². The molecule has 0 bridgehead atoms. The number of aryl methyl sites for hydroxylation is 3. The third-order valence-corrected chi connectivity index (χ3v) is 5.06. The number of hydrogen-bond donors (Lipinski definition) is 0. The van der Waals surface area contributed by atoms with Gasteiger partial charge in [-0.25, -0.2) is 4.79 Å². The van der Waals surface area contributed by atoms with Crippen LogP contribution in [0.4, 0.5) is 0 Å². The standard InChI is InChI=1S/C17H22O2S/c1-11-8-12(2)15(13(3)9-11)10-20-16-7-5-6-14(16)17(18)19-4/h8-9H,5-7,10H2,1-4H3. The molecule has 0 N–H and O–H groups in total. The third-order valence-electron chi connectivity index (χ3n) is 3.83. The molecule has 0 saturated carbocycles. The Labute approximate surface area is 125 Å². The van der Waals surface area contributed by atoms with Crippen molar-refractivity contribution < 1.29 is 9.53 Å². The first-order chi connectivity index (χ1) is 9.52. The van der Waals surface area contributed by atoms with Crippen LogP contribution in [0.5, 0.6) is 0 Å². The lowest BCUT2D eigenvalue weighted by atomic mass is 10.0. The van der Waals surface area contributed by atoms with Crippen molar-refractivity contribution in [3.63, 3.8) is 0 Å². The molecule has 2 rings (SSSR count). The Bertz CT molecular complexity index is 535. The van der Waals surface area contributed by atoms with Gasteiger partial charge in [-0.1, -0.05) is 17.7 Å². The van der Waals surface area contributed by atoms with Crippen LogP contribution in [-0.2, 0) is 15.3 Å². The van der Waals surface area contributed by atoms with E-state index in [1.165, 1.54) is 34.3 Å². The second-order valence-electron chi connectivity index (χ2n) is 5.41. The number of allylic oxidation sites excluding steroid dienone is 1. The van der Waals surface area contributed by atoms with Crippen molar-refractivity contribution in [2.45, 2.75) is 45.8 Å². The Morgan fingerprint density at radius 1 is 1.20 bits per heavy atom. The van der Waals surface area contributed by atoms with Gasteiger partial charge in [-0.15, -0.1) is 11.8 Å². The molecule has 20 heavy (non-hydrogen) atoms. The first-order valence-corrected chi connectivity index (χ1v) is 8.01. The molecule has 3 heteroatoms. The van der Waals surface area contributed by atoms with Gasteiger partial charge in [0.05, 0.1) is 7.11 Å². The molecular formula is C17H22O2S. The van der Waals surface area contributed by atoms with Crippen molar-refractivity contribution in [3.8, 4) is 0 Å². The van der Waals surface area contributed by atoms with Crippen LogP contribution < -0.4 is 0 Å². The van der Waals surface area contributed by atoms with Crippen LogP contribution in [0, 0.1) is 20.8 Å². The first kappa shape index (κ1) is 15.2. The van der Waals surface area contributed by atoms with Crippen LogP contribution in [0.2, 0.25) is 0 Å². The number of rotatable bonds is 4. The number of esters is 1. The highest BCUT2D eigenvalue weighted by Crippen LogP contribution is 2.37. The van der Waals surface area contributed by atoms with E-state index in [0.717, 1.165) is 30.6 Å². The number of carbonyl (C=O) groups excluding carboxylic acids is 1. The Balaban J connectivity index is 2.15. The second kappa shape index (κ2) is 6.49. The van der Waals surface area contributed by atoms with E-state index in [9.17, 15) is 4.79 Å². The molecule has 0 saturated heterocycles. The van der Waals surface area contributed by atoms with E-state index in [-0.39, 0.29) is 5.97 Å². The molecule has 0 unspecified atom stereocenters. The summed E-state index contributed by atoms with van der Waals surface area (Å²) in [7, 11) is 1.46. The topological polar surface area (TPSA) is 26.3 Å². The molecule has 0 aliphatic heterocycles. The van der Waals surface area contributed by atoms with Gasteiger partial charge in [-0.3, -0.25) is 0 Å². The minimum atomic E-state index is -0.151. The lowest BCUT2D eigenvalue weighted by Gasteiger charge is -2.12. The zero-order valence-electron chi connectivity index (χ0n) is 12.7. The van der Waals surface area contributed by atoms with E-state index >= 15 is 0 Å². The van der Waals surface area contributed by atoms with E-state index in [1.54, 1.807) is 11.8 Å². The summed E-state index contributed by atoms with van der Waals surface area (Å²) in [5.74, 6) is 0.788. The van der Waals surface area contributed by atoms with Crippen LogP contribution in [0.15, 0.2) is 22.6 Å². The Kier molecular flexibility index (Phi) is 4.92. The van der Waals surface area contributed by atoms with Gasteiger partial charge in [0.2, 0.25) is 0 Å². The summed E-state index contributed by atoms with van der Waals surface area (Å²) in [6.07, 6.45) is 2.94. The minimum absolute atomic E-state index is 0.151. The lowest BCUT2D eigenvalue weighted by Crippen LogP contribution is -2.03. The molecule has 0 heterocycles. The maximum Gasteiger partial charge on any atom is 0.334 e. The van der Waals surface area contributed by atoms with E-state index in [2.05, 4.69) is 32.9 Å². The summed E-state index contributed by atoms with van der Waals surface area (Å²) in [6, 6.07) is 4.46. The summed E-state index contributed by atoms with van der Waals surface area (Å²) in [4.78, 5) is 12.9. The third kappa shape index (κ3) is 3.26. The number of ether oxygens (including phenoxy) is 1. The highest BCUT2D eigenvalue weighted by molar-refractivity contribution is 8.02. The molecule has 0 amide bonds. The van der Waals surface area contributed by atoms with Crippen LogP contribution in [-0.4, -0.2) is 13.1 Å². The number of methoxy groups -OCH3 is 1. The van der Waals surface area contributed by atoms with Crippen LogP contribution in [0.25, 0.3) is 0 Å². The van der Waals surface area contributed by atoms with Crippen molar-refractivity contribution in [3.05, 3.63) is 44.9 Å². The van der Waals surface area contributed by atoms with Gasteiger partial charge in [0.1, 0.15) is 0 Å². The van der Waals surface area contributed by atoms with E-state index in [0.29, 0.717) is 0 Å². The van der Waals surface area contributed by atoms with Gasteiger partial charge in [-0.2, -0.15) is 0 Å². The van der Waals surface area contributed by atoms with Gasteiger partial charge >= 0.3 is 5.97 Å². The summed E-state index contributed by atoms with van der Waals surface area (Å²) < 4.78 is 4.87. The quantitative estimate of drug-likeness (QED) is 0.766. The summed E-state index contributed by atoms with van der Waals surface area (Å²) in [5.41, 5.74) is 6.27. The maximum absolute atomic E-state index is 11.7. The van der Waals surface area contributed by atoms with Crippen molar-refractivity contribution >= 4 is 17.7 Å². The SMILES string of the molecule is COC(=O)C1=C(SCc2c(C)cc(C)cc2C)CCC1. The van der Waals surface area contributed by atoms with Gasteiger partial charge in [0.25, 0.3) is 0 Å². The lowest BCUT2D eigenvalue weighted by molar-refractivity contribution is -0.136. The Morgan fingerprint density at radius 2 is 1.85 bits per heavy atom. The van der Waals surface area contributed by atoms with Crippen LogP contribution >= 0.6 is 11.8 Å². The fourth-order valence-electron chi connectivity index (χ4n) is 2.81. The molecule has 0 atom stereocenters. The van der Waals surface area contributed by atoms with Crippen molar-refractivity contribution in [1.29, 1.82) is 0 Å². The number of hydrogen-bond acceptors (Lipinski definition) is 3. The fraction of sp³-hybridized carbons (Fsp3) is 0.471. The molecule has 0 fully saturated rings. The molecule has 2 nitrogen and oxygen atoms in total. The normalized spacial score (nSPS) is 14.8. The first-order valence-electron chi connectivity index (χ1n) is 7.02. The average Bonchev–Trinajstić information content (AvgIpc) is 2.85. The molecule has 0 radical (unpaired) electrons. The average molecular weight is 290 g/mol. The van der Waals surface area contributed by atoms with Gasteiger partial charge in [0, 0.05) is 11.3 Å². The number of carbonyl (C=O) groups is 1. The maximum atomic E-state index is 11.7. The summed E-state index contributed by atoms with van der Waals surface area (Å²) in [5, 5.41) is 0. The fourth-order valence-corrected chi connectivity index (χ4v) is 4.23. The number of benzene rings is 1. The smallest absolute Gasteiger partial charge is 0.334 e. The zero-order chi connectivity index (χ0) is 14.7. The van der Waals surface area contributed by atoms with Crippen LogP contribution in [0.3, 0.4) is 0 Å². The van der Waals surface area contributed by atoms with Gasteiger partial charge < -0.3 is 4.74 Å². The monoisotopic (exact) mass is 290 g/mol. The Morgan fingerprint density at radius 3 is 2.45 bits per heavy atom. The highest BCUT2D eigenvalue weighted by atomic mass is 32.2. The minimum Gasteiger partial charge on any atom is -0.466 e. The largest absolute Gasteiger partial charge is 0.466 e. The Hall–Kier alpha value is -1.22. The summed E-state index contributed by atoms with van der Waals surface area (Å²) >= 11 is 1.80. The molecule has 108 valence electrons. The summed E-state index contributed by atoms with van der Waals surface area (Å²) in [6.45, 7) is 6.46. The van der Waals surface area contributed by atoms with Crippen LogP contribution in [0.1, 0.15) is 41.5 Å². The van der Waals surface area contributed by atoms with E-state index in [1.807, 2.05) is 0 Å². The van der Waals surface area contributed by atoms with Crippen molar-refractivity contribution in [1.82, 2.24) is 0 Å².